The Kier molecular flexibility index (Phi) is 7.05. The molecule has 4 atom stereocenters. The van der Waals surface area contributed by atoms with E-state index in [2.05, 4.69) is 15.5 Å². The second-order valence-corrected chi connectivity index (χ2v) is 9.25. The molecule has 4 unspecified atom stereocenters. The lowest BCUT2D eigenvalue weighted by atomic mass is 10.0. The summed E-state index contributed by atoms with van der Waals surface area (Å²) in [5.74, 6) is -0.519. The van der Waals surface area contributed by atoms with Crippen LogP contribution in [0.15, 0.2) is 29.6 Å². The fraction of sp³-hybridized carbons (Fsp3) is 0.545. The van der Waals surface area contributed by atoms with Gasteiger partial charge in [0.05, 0.1) is 12.6 Å². The number of allylic oxidation sites excluding steroid dienone is 1. The summed E-state index contributed by atoms with van der Waals surface area (Å²) in [6.07, 6.45) is 1.96. The lowest BCUT2D eigenvalue weighted by Gasteiger charge is -2.39. The highest BCUT2D eigenvalue weighted by molar-refractivity contribution is 6.45. The largest absolute Gasteiger partial charge is 0.383 e. The van der Waals surface area contributed by atoms with Crippen molar-refractivity contribution in [3.05, 3.63) is 40.2 Å². The smallest absolute Gasteiger partial charge is 0.267 e. The number of carbonyl (C=O) groups is 1. The van der Waals surface area contributed by atoms with E-state index in [1.54, 1.807) is 39.0 Å². The molecule has 3 rings (SSSR count). The van der Waals surface area contributed by atoms with Gasteiger partial charge in [-0.2, -0.15) is 0 Å². The Morgan fingerprint density at radius 3 is 2.77 bits per heavy atom. The van der Waals surface area contributed by atoms with E-state index in [9.17, 15) is 14.3 Å². The molecule has 1 amide bonds. The van der Waals surface area contributed by atoms with Crippen molar-refractivity contribution in [1.82, 2.24) is 10.2 Å². The molecule has 0 aromatic heterocycles. The third-order valence-corrected chi connectivity index (χ3v) is 6.45. The molecule has 170 valence electrons. The van der Waals surface area contributed by atoms with Gasteiger partial charge in [-0.15, -0.1) is 0 Å². The van der Waals surface area contributed by atoms with Crippen LogP contribution in [0.4, 0.5) is 10.1 Å². The first-order chi connectivity index (χ1) is 14.5. The summed E-state index contributed by atoms with van der Waals surface area (Å²) in [5, 5.41) is 25.6. The summed E-state index contributed by atoms with van der Waals surface area (Å²) in [7, 11) is 0. The van der Waals surface area contributed by atoms with Crippen LogP contribution < -0.4 is 16.4 Å². The molecule has 1 saturated heterocycles. The highest BCUT2D eigenvalue weighted by Crippen LogP contribution is 2.49. The van der Waals surface area contributed by atoms with Crippen LogP contribution in [0.1, 0.15) is 39.2 Å². The molecule has 1 aromatic carbocycles. The zero-order chi connectivity index (χ0) is 22.9. The van der Waals surface area contributed by atoms with Gasteiger partial charge in [0.25, 0.3) is 5.91 Å². The molecule has 1 aliphatic heterocycles. The van der Waals surface area contributed by atoms with Gasteiger partial charge in [-0.3, -0.25) is 20.4 Å². The van der Waals surface area contributed by atoms with Gasteiger partial charge in [0, 0.05) is 35.4 Å². The minimum absolute atomic E-state index is 0.00560. The predicted molar refractivity (Wildman–Crippen MR) is 121 cm³/mol. The van der Waals surface area contributed by atoms with Crippen LogP contribution in [-0.2, 0) is 4.79 Å². The van der Waals surface area contributed by atoms with Crippen molar-refractivity contribution in [2.45, 2.75) is 51.4 Å². The van der Waals surface area contributed by atoms with Gasteiger partial charge in [0.2, 0.25) is 0 Å². The minimum atomic E-state index is -1.23. The summed E-state index contributed by atoms with van der Waals surface area (Å²) in [4.78, 5) is 13.7. The number of anilines is 1. The van der Waals surface area contributed by atoms with Gasteiger partial charge in [-0.1, -0.05) is 11.6 Å². The fourth-order valence-electron chi connectivity index (χ4n) is 4.30. The zero-order valence-corrected chi connectivity index (χ0v) is 18.9. The standard InChI is InChI=1S/C22H31ClFN5O2/c1-12(2)16(24)11-28-22(3,31)19-9-13-8-18(13)29(19)7-6-27-17-10-14(23)4-5-15(17)20(25)21(26)30/h4-5,10,13,18-19,25,27-28,31H,6-9,11H2,1-3H3,(H2,26,30). The lowest BCUT2D eigenvalue weighted by molar-refractivity contribution is -0.112. The third-order valence-electron chi connectivity index (χ3n) is 6.21. The number of halogens is 2. The summed E-state index contributed by atoms with van der Waals surface area (Å²) in [5.41, 5.74) is 5.31. The number of likely N-dealkylation sites (tertiary alicyclic amines) is 1. The molecule has 2 fully saturated rings. The number of nitrogens with one attached hydrogen (secondary N) is 3. The number of piperidine rings is 1. The molecule has 1 aromatic rings. The topological polar surface area (TPSA) is 114 Å². The Balaban J connectivity index is 1.65. The maximum atomic E-state index is 13.9. The molecule has 31 heavy (non-hydrogen) atoms. The Bertz CT molecular complexity index is 900. The number of hydrogen-bond donors (Lipinski definition) is 5. The van der Waals surface area contributed by atoms with Gasteiger partial charge < -0.3 is 16.2 Å². The van der Waals surface area contributed by atoms with E-state index < -0.39 is 11.6 Å². The monoisotopic (exact) mass is 451 g/mol. The average Bonchev–Trinajstić information content (AvgIpc) is 3.38. The predicted octanol–water partition coefficient (Wildman–Crippen LogP) is 2.63. The van der Waals surface area contributed by atoms with Crippen LogP contribution >= 0.6 is 11.6 Å². The fourth-order valence-corrected chi connectivity index (χ4v) is 4.47. The maximum Gasteiger partial charge on any atom is 0.267 e. The second kappa shape index (κ2) is 9.24. The van der Waals surface area contributed by atoms with Gasteiger partial charge >= 0.3 is 0 Å². The Morgan fingerprint density at radius 2 is 2.13 bits per heavy atom. The summed E-state index contributed by atoms with van der Waals surface area (Å²) in [6.45, 7) is 6.27. The highest BCUT2D eigenvalue weighted by atomic mass is 35.5. The molecule has 0 spiro atoms. The number of hydrogen-bond acceptors (Lipinski definition) is 6. The summed E-state index contributed by atoms with van der Waals surface area (Å²) < 4.78 is 13.9. The van der Waals surface area contributed by atoms with E-state index in [4.69, 9.17) is 22.7 Å². The number of nitrogens with zero attached hydrogens (tertiary/aromatic N) is 1. The van der Waals surface area contributed by atoms with Gasteiger partial charge in [-0.25, -0.2) is 4.39 Å². The average molecular weight is 452 g/mol. The van der Waals surface area contributed by atoms with E-state index in [0.29, 0.717) is 46.9 Å². The Hall–Kier alpha value is -2.00. The highest BCUT2D eigenvalue weighted by Gasteiger charge is 2.56. The quantitative estimate of drug-likeness (QED) is 0.277. The normalized spacial score (nSPS) is 24.3. The van der Waals surface area contributed by atoms with Crippen LogP contribution in [0.2, 0.25) is 5.02 Å². The van der Waals surface area contributed by atoms with Crippen LogP contribution in [-0.4, -0.2) is 59.1 Å². The number of carbonyl (C=O) groups excluding carboxylic acids is 1. The molecule has 9 heteroatoms. The van der Waals surface area contributed by atoms with Gasteiger partial charge in [0.1, 0.15) is 17.3 Å². The van der Waals surface area contributed by atoms with Crippen LogP contribution in [0.3, 0.4) is 0 Å². The van der Waals surface area contributed by atoms with Crippen molar-refractivity contribution >= 4 is 28.9 Å². The van der Waals surface area contributed by atoms with E-state index >= 15 is 0 Å². The first-order valence-corrected chi connectivity index (χ1v) is 10.9. The molecule has 1 saturated carbocycles. The molecular formula is C22H31ClFN5O2. The number of rotatable bonds is 10. The molecule has 2 aliphatic rings. The molecule has 1 aliphatic carbocycles. The molecule has 7 nitrogen and oxygen atoms in total. The lowest BCUT2D eigenvalue weighted by Crippen LogP contribution is -2.58. The SMILES string of the molecule is CC(C)=C(F)CNC(C)(O)C1CC2CC2N1CCNc1cc(Cl)ccc1C(=N)C(N)=O. The molecule has 6 N–H and O–H groups in total. The summed E-state index contributed by atoms with van der Waals surface area (Å²) >= 11 is 6.09. The number of fused-ring (bicyclic) bond motifs is 1. The van der Waals surface area contributed by atoms with E-state index in [0.717, 1.165) is 12.8 Å². The first-order valence-electron chi connectivity index (χ1n) is 10.5. The van der Waals surface area contributed by atoms with E-state index in [1.165, 1.54) is 0 Å². The van der Waals surface area contributed by atoms with Crippen molar-refractivity contribution in [1.29, 1.82) is 5.41 Å². The number of primary amides is 1. The summed E-state index contributed by atoms with van der Waals surface area (Å²) in [6, 6.07) is 5.15. The molecule has 0 bridgehead atoms. The van der Waals surface area contributed by atoms with Crippen LogP contribution in [0.5, 0.6) is 0 Å². The Morgan fingerprint density at radius 1 is 1.42 bits per heavy atom. The second-order valence-electron chi connectivity index (χ2n) is 8.81. The van der Waals surface area contributed by atoms with Crippen molar-refractivity contribution < 1.29 is 14.3 Å². The maximum absolute atomic E-state index is 13.9. The van der Waals surface area contributed by atoms with Crippen molar-refractivity contribution in [2.75, 3.05) is 25.0 Å². The zero-order valence-electron chi connectivity index (χ0n) is 18.1. The Labute approximate surface area is 187 Å². The number of benzene rings is 1. The number of amides is 1. The number of aliphatic hydroxyl groups is 1. The number of nitrogens with two attached hydrogens (primary N) is 1. The third kappa shape index (κ3) is 5.44. The van der Waals surface area contributed by atoms with Crippen molar-refractivity contribution in [2.24, 2.45) is 11.7 Å². The molecular weight excluding hydrogens is 421 g/mol. The van der Waals surface area contributed by atoms with Crippen molar-refractivity contribution in [3.63, 3.8) is 0 Å². The molecule has 1 heterocycles. The van der Waals surface area contributed by atoms with Crippen LogP contribution in [0, 0.1) is 11.3 Å². The van der Waals surface area contributed by atoms with Crippen LogP contribution in [0.25, 0.3) is 0 Å². The molecule has 0 radical (unpaired) electrons. The first kappa shape index (κ1) is 23.7. The van der Waals surface area contributed by atoms with E-state index in [-0.39, 0.29) is 24.1 Å². The van der Waals surface area contributed by atoms with Crippen molar-refractivity contribution in [3.8, 4) is 0 Å². The minimum Gasteiger partial charge on any atom is -0.383 e. The van der Waals surface area contributed by atoms with Gasteiger partial charge in [0.15, 0.2) is 0 Å². The van der Waals surface area contributed by atoms with E-state index in [1.807, 2.05) is 0 Å². The van der Waals surface area contributed by atoms with Gasteiger partial charge in [-0.05, 0) is 63.3 Å².